The fourth-order valence-electron chi connectivity index (χ4n) is 1.98. The van der Waals surface area contributed by atoms with Crippen LogP contribution in [-0.2, 0) is 0 Å². The van der Waals surface area contributed by atoms with Crippen LogP contribution in [0.1, 0.15) is 23.2 Å². The molecule has 0 heterocycles. The molecule has 0 aliphatic rings. The summed E-state index contributed by atoms with van der Waals surface area (Å²) in [6.45, 7) is 0. The summed E-state index contributed by atoms with van der Waals surface area (Å²) in [6.07, 6.45) is 1.41. The predicted octanol–water partition coefficient (Wildman–Crippen LogP) is 4.57. The maximum atomic E-state index is 12.0. The minimum absolute atomic E-state index is 0.150. The molecule has 21 heavy (non-hydrogen) atoms. The highest BCUT2D eigenvalue weighted by Crippen LogP contribution is 2.20. The summed E-state index contributed by atoms with van der Waals surface area (Å²) in [5, 5.41) is 8.45. The number of hydrogen-bond donors (Lipinski definition) is 0. The summed E-state index contributed by atoms with van der Waals surface area (Å²) < 4.78 is 0. The van der Waals surface area contributed by atoms with Crippen LogP contribution in [0.3, 0.4) is 0 Å². The van der Waals surface area contributed by atoms with E-state index in [1.54, 1.807) is 11.8 Å². The third-order valence-electron chi connectivity index (χ3n) is 3.12. The second kappa shape index (κ2) is 8.28. The van der Waals surface area contributed by atoms with E-state index in [0.717, 1.165) is 28.9 Å². The molecule has 0 unspecified atom stereocenters. The number of hydrogen-bond acceptors (Lipinski definition) is 3. The molecule has 2 nitrogen and oxygen atoms in total. The fourth-order valence-corrected chi connectivity index (χ4v) is 2.83. The first-order valence-corrected chi connectivity index (χ1v) is 8.10. The normalized spacial score (nSPS) is 10.0. The Morgan fingerprint density at radius 3 is 2.33 bits per heavy atom. The lowest BCUT2D eigenvalue weighted by Gasteiger charge is -2.04. The summed E-state index contributed by atoms with van der Waals surface area (Å²) in [7, 11) is 0. The average Bonchev–Trinajstić information content (AvgIpc) is 2.55. The van der Waals surface area contributed by atoms with Crippen LogP contribution in [0.4, 0.5) is 0 Å². The van der Waals surface area contributed by atoms with Crippen molar-refractivity contribution in [3.8, 4) is 17.2 Å². The van der Waals surface area contributed by atoms with E-state index in [4.69, 9.17) is 5.26 Å². The number of nitriles is 1. The van der Waals surface area contributed by atoms with Crippen molar-refractivity contribution in [1.29, 1.82) is 5.26 Å². The van der Waals surface area contributed by atoms with Gasteiger partial charge in [0.1, 0.15) is 0 Å². The van der Waals surface area contributed by atoms with Crippen molar-refractivity contribution in [3.63, 3.8) is 0 Å². The summed E-state index contributed by atoms with van der Waals surface area (Å²) in [5.41, 5.74) is 3.03. The molecule has 0 N–H and O–H groups in total. The largest absolute Gasteiger partial charge is 0.293 e. The Bertz CT molecular complexity index is 614. The summed E-state index contributed by atoms with van der Waals surface area (Å²) in [6, 6.07) is 20.0. The zero-order chi connectivity index (χ0) is 14.9. The quantitative estimate of drug-likeness (QED) is 0.555. The van der Waals surface area contributed by atoms with Crippen molar-refractivity contribution in [3.05, 3.63) is 60.2 Å². The van der Waals surface area contributed by atoms with Crippen molar-refractivity contribution < 1.29 is 4.79 Å². The number of benzene rings is 2. The highest BCUT2D eigenvalue weighted by molar-refractivity contribution is 7.99. The van der Waals surface area contributed by atoms with Crippen LogP contribution in [0.2, 0.25) is 0 Å². The number of unbranched alkanes of at least 4 members (excludes halogenated alkanes) is 1. The van der Waals surface area contributed by atoms with E-state index in [1.165, 1.54) is 0 Å². The number of rotatable bonds is 7. The smallest absolute Gasteiger partial charge is 0.172 e. The molecule has 0 fully saturated rings. The van der Waals surface area contributed by atoms with Gasteiger partial charge in [-0.1, -0.05) is 54.6 Å². The summed E-state index contributed by atoms with van der Waals surface area (Å²) in [5.74, 6) is 1.49. The van der Waals surface area contributed by atoms with E-state index in [2.05, 4.69) is 18.2 Å². The zero-order valence-corrected chi connectivity index (χ0v) is 12.6. The van der Waals surface area contributed by atoms with E-state index < -0.39 is 0 Å². The van der Waals surface area contributed by atoms with Gasteiger partial charge in [0.25, 0.3) is 0 Å². The summed E-state index contributed by atoms with van der Waals surface area (Å²) >= 11 is 1.60. The maximum absolute atomic E-state index is 12.0. The molecule has 2 aromatic rings. The van der Waals surface area contributed by atoms with Crippen LogP contribution < -0.4 is 0 Å². The first-order chi connectivity index (χ1) is 10.3. The third-order valence-corrected chi connectivity index (χ3v) is 4.17. The van der Waals surface area contributed by atoms with Crippen molar-refractivity contribution in [2.24, 2.45) is 0 Å². The van der Waals surface area contributed by atoms with Gasteiger partial charge in [0.15, 0.2) is 5.78 Å². The van der Waals surface area contributed by atoms with Crippen molar-refractivity contribution in [2.75, 3.05) is 11.5 Å². The van der Waals surface area contributed by atoms with E-state index in [0.29, 0.717) is 12.2 Å². The molecule has 106 valence electrons. The van der Waals surface area contributed by atoms with Crippen LogP contribution in [0.15, 0.2) is 54.6 Å². The van der Waals surface area contributed by atoms with Gasteiger partial charge < -0.3 is 0 Å². The van der Waals surface area contributed by atoms with Gasteiger partial charge in [-0.15, -0.1) is 0 Å². The Morgan fingerprint density at radius 2 is 1.67 bits per heavy atom. The minimum atomic E-state index is 0.150. The Balaban J connectivity index is 1.90. The number of carbonyl (C=O) groups is 1. The molecule has 0 radical (unpaired) electrons. The second-order valence-corrected chi connectivity index (χ2v) is 5.79. The van der Waals surface area contributed by atoms with Crippen LogP contribution in [0, 0.1) is 11.3 Å². The zero-order valence-electron chi connectivity index (χ0n) is 11.8. The van der Waals surface area contributed by atoms with Crippen LogP contribution in [-0.4, -0.2) is 17.3 Å². The molecule has 2 rings (SSSR count). The molecule has 0 atom stereocenters. The Morgan fingerprint density at radius 1 is 1.00 bits per heavy atom. The first-order valence-electron chi connectivity index (χ1n) is 6.94. The molecule has 0 saturated heterocycles. The monoisotopic (exact) mass is 295 g/mol. The number of Topliss-reactive ketones (excluding diaryl/α,β-unsaturated/α-hetero) is 1. The Labute approximate surface area is 129 Å². The fraction of sp³-hybridized carbons (Fsp3) is 0.222. The summed E-state index contributed by atoms with van der Waals surface area (Å²) in [4.78, 5) is 12.0. The van der Waals surface area contributed by atoms with Gasteiger partial charge >= 0.3 is 0 Å². The first kappa shape index (κ1) is 15.3. The van der Waals surface area contributed by atoms with E-state index in [9.17, 15) is 4.79 Å². The molecule has 0 aliphatic heterocycles. The molecular formula is C18H17NOS. The second-order valence-electron chi connectivity index (χ2n) is 4.68. The van der Waals surface area contributed by atoms with E-state index in [1.807, 2.05) is 42.5 Å². The SMILES string of the molecule is N#CCCCSCC(=O)c1ccc(-c2ccccc2)cc1. The topological polar surface area (TPSA) is 40.9 Å². The molecular weight excluding hydrogens is 278 g/mol. The van der Waals surface area contributed by atoms with Crippen molar-refractivity contribution >= 4 is 17.5 Å². The standard InChI is InChI=1S/C18H17NOS/c19-12-4-5-13-21-14-18(20)17-10-8-16(9-11-17)15-6-2-1-3-7-15/h1-3,6-11H,4-5,13-14H2. The lowest BCUT2D eigenvalue weighted by Crippen LogP contribution is -2.02. The number of carbonyl (C=O) groups excluding carboxylic acids is 1. The van der Waals surface area contributed by atoms with Gasteiger partial charge in [0, 0.05) is 12.0 Å². The molecule has 0 aliphatic carbocycles. The van der Waals surface area contributed by atoms with Gasteiger partial charge in [-0.05, 0) is 23.3 Å². The van der Waals surface area contributed by atoms with Crippen molar-refractivity contribution in [2.45, 2.75) is 12.8 Å². The van der Waals surface area contributed by atoms with Gasteiger partial charge in [0.05, 0.1) is 11.8 Å². The lowest BCUT2D eigenvalue weighted by molar-refractivity contribution is 0.102. The molecule has 0 aromatic heterocycles. The lowest BCUT2D eigenvalue weighted by atomic mass is 10.0. The number of thioether (sulfide) groups is 1. The molecule has 0 saturated carbocycles. The maximum Gasteiger partial charge on any atom is 0.172 e. The van der Waals surface area contributed by atoms with Crippen LogP contribution >= 0.6 is 11.8 Å². The highest BCUT2D eigenvalue weighted by Gasteiger charge is 2.06. The van der Waals surface area contributed by atoms with Crippen LogP contribution in [0.5, 0.6) is 0 Å². The number of ketones is 1. The van der Waals surface area contributed by atoms with Gasteiger partial charge in [0.2, 0.25) is 0 Å². The average molecular weight is 295 g/mol. The van der Waals surface area contributed by atoms with E-state index >= 15 is 0 Å². The Hall–Kier alpha value is -2.05. The molecule has 0 amide bonds. The molecule has 0 spiro atoms. The third kappa shape index (κ3) is 4.77. The number of nitrogens with zero attached hydrogens (tertiary/aromatic N) is 1. The molecule has 3 heteroatoms. The van der Waals surface area contributed by atoms with Gasteiger partial charge in [-0.3, -0.25) is 4.79 Å². The highest BCUT2D eigenvalue weighted by atomic mass is 32.2. The minimum Gasteiger partial charge on any atom is -0.293 e. The van der Waals surface area contributed by atoms with Gasteiger partial charge in [-0.25, -0.2) is 0 Å². The predicted molar refractivity (Wildman–Crippen MR) is 88.4 cm³/mol. The van der Waals surface area contributed by atoms with Crippen molar-refractivity contribution in [1.82, 2.24) is 0 Å². The van der Waals surface area contributed by atoms with Gasteiger partial charge in [-0.2, -0.15) is 17.0 Å². The van der Waals surface area contributed by atoms with E-state index in [-0.39, 0.29) is 5.78 Å². The molecule has 2 aromatic carbocycles. The van der Waals surface area contributed by atoms with Crippen LogP contribution in [0.25, 0.3) is 11.1 Å². The Kier molecular flexibility index (Phi) is 6.05. The molecule has 0 bridgehead atoms.